The van der Waals surface area contributed by atoms with Crippen LogP contribution < -0.4 is 5.32 Å². The summed E-state index contributed by atoms with van der Waals surface area (Å²) in [6.07, 6.45) is 0.681. The molecule has 0 saturated heterocycles. The summed E-state index contributed by atoms with van der Waals surface area (Å²) in [5, 5.41) is 5.44. The molecule has 26 heavy (non-hydrogen) atoms. The Morgan fingerprint density at radius 1 is 1.08 bits per heavy atom. The normalized spacial score (nSPS) is 12.3. The van der Waals surface area contributed by atoms with Crippen LogP contribution >= 0.6 is 11.8 Å². The predicted molar refractivity (Wildman–Crippen MR) is 107 cm³/mol. The first-order chi connectivity index (χ1) is 12.7. The van der Waals surface area contributed by atoms with Gasteiger partial charge in [-0.15, -0.1) is 0 Å². The fourth-order valence-electron chi connectivity index (χ4n) is 2.89. The Morgan fingerprint density at radius 2 is 1.85 bits per heavy atom. The number of nitrogens with zero attached hydrogens (tertiary/aromatic N) is 1. The van der Waals surface area contributed by atoms with E-state index in [9.17, 15) is 4.79 Å². The number of thioether (sulfide) groups is 1. The van der Waals surface area contributed by atoms with Crippen LogP contribution in [0.4, 0.5) is 5.69 Å². The third-order valence-electron chi connectivity index (χ3n) is 4.23. The van der Waals surface area contributed by atoms with Crippen LogP contribution in [0.1, 0.15) is 13.3 Å². The van der Waals surface area contributed by atoms with E-state index in [2.05, 4.69) is 10.3 Å². The number of rotatable bonds is 5. The molecule has 4 rings (SSSR count). The number of anilines is 1. The molecule has 1 aromatic heterocycles. The Labute approximate surface area is 155 Å². The Morgan fingerprint density at radius 3 is 2.69 bits per heavy atom. The lowest BCUT2D eigenvalue weighted by atomic mass is 10.1. The molecule has 1 atom stereocenters. The lowest BCUT2D eigenvalue weighted by Crippen LogP contribution is -2.24. The largest absolute Gasteiger partial charge is 0.431 e. The van der Waals surface area contributed by atoms with Gasteiger partial charge in [-0.2, -0.15) is 0 Å². The number of amides is 1. The van der Waals surface area contributed by atoms with Crippen LogP contribution in [0.25, 0.3) is 21.9 Å². The van der Waals surface area contributed by atoms with Crippen molar-refractivity contribution in [2.45, 2.75) is 23.8 Å². The highest BCUT2D eigenvalue weighted by Crippen LogP contribution is 2.30. The fraction of sp³-hybridized carbons (Fsp3) is 0.143. The molecular formula is C21H18N2O2S. The number of carbonyl (C=O) groups excluding carboxylic acids is 1. The second-order valence-corrected chi connectivity index (χ2v) is 7.13. The second-order valence-electron chi connectivity index (χ2n) is 5.98. The van der Waals surface area contributed by atoms with Crippen molar-refractivity contribution in [3.63, 3.8) is 0 Å². The Kier molecular flexibility index (Phi) is 4.63. The molecule has 4 nitrogen and oxygen atoms in total. The van der Waals surface area contributed by atoms with Gasteiger partial charge in [0, 0.05) is 11.1 Å². The molecule has 0 fully saturated rings. The summed E-state index contributed by atoms with van der Waals surface area (Å²) >= 11 is 1.36. The Bertz CT molecular complexity index is 1040. The van der Waals surface area contributed by atoms with Crippen LogP contribution in [-0.2, 0) is 4.79 Å². The van der Waals surface area contributed by atoms with Crippen LogP contribution in [0.3, 0.4) is 0 Å². The van der Waals surface area contributed by atoms with Crippen molar-refractivity contribution >= 4 is 45.2 Å². The van der Waals surface area contributed by atoms with Gasteiger partial charge in [-0.25, -0.2) is 4.98 Å². The summed E-state index contributed by atoms with van der Waals surface area (Å²) in [4.78, 5) is 17.3. The average molecular weight is 362 g/mol. The van der Waals surface area contributed by atoms with E-state index in [1.54, 1.807) is 0 Å². The summed E-state index contributed by atoms with van der Waals surface area (Å²) in [6.45, 7) is 1.99. The number of carbonyl (C=O) groups is 1. The third-order valence-corrected chi connectivity index (χ3v) is 5.44. The molecule has 3 aromatic carbocycles. The van der Waals surface area contributed by atoms with Crippen LogP contribution in [0.5, 0.6) is 0 Å². The molecule has 1 amide bonds. The summed E-state index contributed by atoms with van der Waals surface area (Å²) in [5.41, 5.74) is 2.36. The summed E-state index contributed by atoms with van der Waals surface area (Å²) in [7, 11) is 0. The molecule has 0 saturated carbocycles. The number of oxazole rings is 1. The second kappa shape index (κ2) is 7.22. The maximum absolute atomic E-state index is 12.8. The Balaban J connectivity index is 1.55. The van der Waals surface area contributed by atoms with Gasteiger partial charge in [-0.1, -0.05) is 67.2 Å². The predicted octanol–water partition coefficient (Wildman–Crippen LogP) is 5.49. The zero-order chi connectivity index (χ0) is 17.9. The molecule has 0 radical (unpaired) electrons. The van der Waals surface area contributed by atoms with Crippen molar-refractivity contribution in [3.8, 4) is 0 Å². The SMILES string of the molecule is CC[C@@H](Sc1nc2ccccc2o1)C(=O)Nc1cccc2ccccc12. The molecule has 0 aliphatic rings. The zero-order valence-electron chi connectivity index (χ0n) is 14.3. The van der Waals surface area contributed by atoms with E-state index in [0.717, 1.165) is 27.6 Å². The minimum absolute atomic E-state index is 0.0453. The minimum atomic E-state index is -0.276. The minimum Gasteiger partial charge on any atom is -0.431 e. The number of fused-ring (bicyclic) bond motifs is 2. The molecule has 1 heterocycles. The van der Waals surface area contributed by atoms with E-state index in [4.69, 9.17) is 4.42 Å². The molecule has 4 aromatic rings. The van der Waals surface area contributed by atoms with E-state index in [1.807, 2.05) is 73.7 Å². The van der Waals surface area contributed by atoms with E-state index in [1.165, 1.54) is 11.8 Å². The molecule has 0 aliphatic heterocycles. The molecule has 0 aliphatic carbocycles. The average Bonchev–Trinajstić information content (AvgIpc) is 3.09. The highest BCUT2D eigenvalue weighted by atomic mass is 32.2. The van der Waals surface area contributed by atoms with E-state index < -0.39 is 0 Å². The van der Waals surface area contributed by atoms with Gasteiger partial charge in [0.1, 0.15) is 5.52 Å². The quantitative estimate of drug-likeness (QED) is 0.477. The molecular weight excluding hydrogens is 344 g/mol. The van der Waals surface area contributed by atoms with Crippen LogP contribution in [-0.4, -0.2) is 16.1 Å². The van der Waals surface area contributed by atoms with Crippen LogP contribution in [0.2, 0.25) is 0 Å². The van der Waals surface area contributed by atoms with Crippen LogP contribution in [0.15, 0.2) is 76.4 Å². The monoisotopic (exact) mass is 362 g/mol. The van der Waals surface area contributed by atoms with Crippen molar-refractivity contribution in [2.75, 3.05) is 5.32 Å². The molecule has 5 heteroatoms. The van der Waals surface area contributed by atoms with E-state index >= 15 is 0 Å². The van der Waals surface area contributed by atoms with Gasteiger partial charge < -0.3 is 9.73 Å². The molecule has 0 spiro atoms. The van der Waals surface area contributed by atoms with Gasteiger partial charge in [0.25, 0.3) is 5.22 Å². The maximum atomic E-state index is 12.8. The first-order valence-electron chi connectivity index (χ1n) is 8.55. The number of hydrogen-bond donors (Lipinski definition) is 1. The first kappa shape index (κ1) is 16.7. The van der Waals surface area contributed by atoms with E-state index in [-0.39, 0.29) is 11.2 Å². The van der Waals surface area contributed by atoms with Gasteiger partial charge in [0.15, 0.2) is 5.58 Å². The number of para-hydroxylation sites is 2. The van der Waals surface area contributed by atoms with Crippen molar-refractivity contribution in [1.29, 1.82) is 0 Å². The standard InChI is InChI=1S/C21H18N2O2S/c1-2-19(26-21-23-17-11-5-6-13-18(17)25-21)20(24)22-16-12-7-9-14-8-3-4-10-15(14)16/h3-13,19H,2H2,1H3,(H,22,24)/t19-/m1/s1. The van der Waals surface area contributed by atoms with Crippen LogP contribution in [0, 0.1) is 0 Å². The Hall–Kier alpha value is -2.79. The van der Waals surface area contributed by atoms with Crippen molar-refractivity contribution < 1.29 is 9.21 Å². The number of aromatic nitrogens is 1. The number of nitrogens with one attached hydrogen (secondary N) is 1. The molecule has 1 N–H and O–H groups in total. The van der Waals surface area contributed by atoms with Gasteiger partial charge in [0.05, 0.1) is 5.25 Å². The van der Waals surface area contributed by atoms with Crippen molar-refractivity contribution in [3.05, 3.63) is 66.7 Å². The highest BCUT2D eigenvalue weighted by Gasteiger charge is 2.21. The molecule has 0 unspecified atom stereocenters. The summed E-state index contributed by atoms with van der Waals surface area (Å²) in [6, 6.07) is 21.5. The molecule has 0 bridgehead atoms. The summed E-state index contributed by atoms with van der Waals surface area (Å²) in [5.74, 6) is -0.0453. The first-order valence-corrected chi connectivity index (χ1v) is 9.43. The lowest BCUT2D eigenvalue weighted by Gasteiger charge is -2.14. The molecule has 130 valence electrons. The van der Waals surface area contributed by atoms with Crippen molar-refractivity contribution in [2.24, 2.45) is 0 Å². The third kappa shape index (κ3) is 3.30. The smallest absolute Gasteiger partial charge is 0.257 e. The lowest BCUT2D eigenvalue weighted by molar-refractivity contribution is -0.115. The zero-order valence-corrected chi connectivity index (χ0v) is 15.1. The van der Waals surface area contributed by atoms with Crippen molar-refractivity contribution in [1.82, 2.24) is 4.98 Å². The number of hydrogen-bond acceptors (Lipinski definition) is 4. The summed E-state index contributed by atoms with van der Waals surface area (Å²) < 4.78 is 5.74. The van der Waals surface area contributed by atoms with Gasteiger partial charge in [0.2, 0.25) is 5.91 Å². The van der Waals surface area contributed by atoms with E-state index in [0.29, 0.717) is 11.6 Å². The van der Waals surface area contributed by atoms with Gasteiger partial charge in [-0.3, -0.25) is 4.79 Å². The highest BCUT2D eigenvalue weighted by molar-refractivity contribution is 8.00. The fourth-order valence-corrected chi connectivity index (χ4v) is 3.76. The maximum Gasteiger partial charge on any atom is 0.257 e. The van der Waals surface area contributed by atoms with Gasteiger partial charge >= 0.3 is 0 Å². The van der Waals surface area contributed by atoms with Gasteiger partial charge in [-0.05, 0) is 30.0 Å². The number of benzene rings is 3. The topological polar surface area (TPSA) is 55.1 Å².